The number of hydrogen-bond acceptors (Lipinski definition) is 2. The maximum Gasteiger partial charge on any atom is 0.308 e. The van der Waals surface area contributed by atoms with E-state index in [0.29, 0.717) is 12.6 Å². The van der Waals surface area contributed by atoms with Crippen LogP contribution in [0.4, 0.5) is 0 Å². The Morgan fingerprint density at radius 2 is 2.00 bits per heavy atom. The van der Waals surface area contributed by atoms with Crippen molar-refractivity contribution in [2.75, 3.05) is 6.54 Å². The average molecular weight is 199 g/mol. The highest BCUT2D eigenvalue weighted by molar-refractivity contribution is 5.70. The smallest absolute Gasteiger partial charge is 0.308 e. The van der Waals surface area contributed by atoms with Gasteiger partial charge in [0.05, 0.1) is 5.92 Å². The summed E-state index contributed by atoms with van der Waals surface area (Å²) in [4.78, 5) is 10.9. The number of aliphatic carboxylic acids is 1. The topological polar surface area (TPSA) is 49.3 Å². The fourth-order valence-corrected chi connectivity index (χ4v) is 2.03. The number of carboxylic acid groups (broad SMARTS) is 1. The van der Waals surface area contributed by atoms with Crippen LogP contribution < -0.4 is 5.32 Å². The van der Waals surface area contributed by atoms with Crippen molar-refractivity contribution in [3.05, 3.63) is 0 Å². The quantitative estimate of drug-likeness (QED) is 0.710. The minimum Gasteiger partial charge on any atom is -0.481 e. The largest absolute Gasteiger partial charge is 0.481 e. The van der Waals surface area contributed by atoms with E-state index in [-0.39, 0.29) is 11.8 Å². The van der Waals surface area contributed by atoms with E-state index in [1.807, 2.05) is 13.8 Å². The van der Waals surface area contributed by atoms with E-state index in [4.69, 9.17) is 5.11 Å². The molecule has 0 saturated heterocycles. The molecule has 0 bridgehead atoms. The van der Waals surface area contributed by atoms with Crippen molar-refractivity contribution in [1.29, 1.82) is 0 Å². The monoisotopic (exact) mass is 199 g/mol. The van der Waals surface area contributed by atoms with Crippen LogP contribution in [0.2, 0.25) is 0 Å². The summed E-state index contributed by atoms with van der Waals surface area (Å²) in [5.74, 6) is -0.706. The number of carboxylic acids is 1. The average Bonchev–Trinajstić information content (AvgIpc) is 2.55. The molecule has 0 aromatic rings. The van der Waals surface area contributed by atoms with Crippen LogP contribution in [0.15, 0.2) is 0 Å². The molecule has 0 aliphatic heterocycles. The van der Waals surface area contributed by atoms with Crippen LogP contribution in [-0.2, 0) is 4.79 Å². The summed E-state index contributed by atoms with van der Waals surface area (Å²) in [6.07, 6.45) is 5.00. The molecule has 0 heterocycles. The van der Waals surface area contributed by atoms with Crippen LogP contribution >= 0.6 is 0 Å². The van der Waals surface area contributed by atoms with Gasteiger partial charge in [-0.3, -0.25) is 4.79 Å². The summed E-state index contributed by atoms with van der Waals surface area (Å²) in [5, 5.41) is 12.3. The molecular weight excluding hydrogens is 178 g/mol. The SMILES string of the molecule is CC(C)C(CNC1CCCC1)C(=O)O. The Morgan fingerprint density at radius 1 is 1.43 bits per heavy atom. The van der Waals surface area contributed by atoms with Crippen LogP contribution in [0.25, 0.3) is 0 Å². The molecule has 1 unspecified atom stereocenters. The van der Waals surface area contributed by atoms with Gasteiger partial charge in [-0.05, 0) is 18.8 Å². The summed E-state index contributed by atoms with van der Waals surface area (Å²) in [6, 6.07) is 0.565. The van der Waals surface area contributed by atoms with Crippen LogP contribution in [0.5, 0.6) is 0 Å². The summed E-state index contributed by atoms with van der Waals surface area (Å²) in [5.41, 5.74) is 0. The van der Waals surface area contributed by atoms with Gasteiger partial charge in [0.1, 0.15) is 0 Å². The van der Waals surface area contributed by atoms with Crippen LogP contribution in [0, 0.1) is 11.8 Å². The number of carbonyl (C=O) groups is 1. The molecule has 0 aromatic heterocycles. The van der Waals surface area contributed by atoms with E-state index in [1.54, 1.807) is 0 Å². The van der Waals surface area contributed by atoms with Crippen molar-refractivity contribution in [3.8, 4) is 0 Å². The fraction of sp³-hybridized carbons (Fsp3) is 0.909. The highest BCUT2D eigenvalue weighted by Gasteiger charge is 2.23. The van der Waals surface area contributed by atoms with Gasteiger partial charge in [0.2, 0.25) is 0 Å². The number of rotatable bonds is 5. The third-order valence-corrected chi connectivity index (χ3v) is 3.10. The molecule has 1 rings (SSSR count). The van der Waals surface area contributed by atoms with Gasteiger partial charge in [-0.1, -0.05) is 26.7 Å². The lowest BCUT2D eigenvalue weighted by Crippen LogP contribution is -2.36. The van der Waals surface area contributed by atoms with Gasteiger partial charge in [-0.2, -0.15) is 0 Å². The Bertz CT molecular complexity index is 186. The highest BCUT2D eigenvalue weighted by Crippen LogP contribution is 2.18. The van der Waals surface area contributed by atoms with Crippen molar-refractivity contribution in [2.45, 2.75) is 45.6 Å². The molecule has 1 fully saturated rings. The lowest BCUT2D eigenvalue weighted by atomic mass is 9.96. The standard InChI is InChI=1S/C11H21NO2/c1-8(2)10(11(13)14)7-12-9-5-3-4-6-9/h8-10,12H,3-7H2,1-2H3,(H,13,14). The zero-order chi connectivity index (χ0) is 10.6. The van der Waals surface area contributed by atoms with Crippen LogP contribution in [0.1, 0.15) is 39.5 Å². The van der Waals surface area contributed by atoms with Gasteiger partial charge in [-0.25, -0.2) is 0 Å². The molecule has 2 N–H and O–H groups in total. The second-order valence-corrected chi connectivity index (χ2v) is 4.58. The lowest BCUT2D eigenvalue weighted by molar-refractivity contribution is -0.143. The van der Waals surface area contributed by atoms with Gasteiger partial charge in [-0.15, -0.1) is 0 Å². The molecule has 0 spiro atoms. The van der Waals surface area contributed by atoms with Crippen molar-refractivity contribution >= 4 is 5.97 Å². The third kappa shape index (κ3) is 3.29. The zero-order valence-corrected chi connectivity index (χ0v) is 9.12. The van der Waals surface area contributed by atoms with E-state index in [2.05, 4.69) is 5.32 Å². The van der Waals surface area contributed by atoms with Crippen molar-refractivity contribution in [2.24, 2.45) is 11.8 Å². The molecule has 0 amide bonds. The van der Waals surface area contributed by atoms with Gasteiger partial charge in [0.15, 0.2) is 0 Å². The summed E-state index contributed by atoms with van der Waals surface area (Å²) >= 11 is 0. The van der Waals surface area contributed by atoms with E-state index < -0.39 is 5.97 Å². The molecule has 82 valence electrons. The highest BCUT2D eigenvalue weighted by atomic mass is 16.4. The molecule has 3 nitrogen and oxygen atoms in total. The second-order valence-electron chi connectivity index (χ2n) is 4.58. The molecule has 1 atom stereocenters. The first-order valence-corrected chi connectivity index (χ1v) is 5.57. The molecule has 1 aliphatic rings. The summed E-state index contributed by atoms with van der Waals surface area (Å²) < 4.78 is 0. The molecule has 14 heavy (non-hydrogen) atoms. The van der Waals surface area contributed by atoms with Crippen molar-refractivity contribution in [3.63, 3.8) is 0 Å². The Balaban J connectivity index is 2.28. The predicted octanol–water partition coefficient (Wildman–Crippen LogP) is 1.88. The minimum absolute atomic E-state index is 0.210. The van der Waals surface area contributed by atoms with E-state index in [1.165, 1.54) is 25.7 Å². The van der Waals surface area contributed by atoms with Gasteiger partial charge in [0, 0.05) is 12.6 Å². The normalized spacial score (nSPS) is 20.2. The Hall–Kier alpha value is -0.570. The fourth-order valence-electron chi connectivity index (χ4n) is 2.03. The minimum atomic E-state index is -0.675. The van der Waals surface area contributed by atoms with E-state index >= 15 is 0 Å². The maximum absolute atomic E-state index is 10.9. The predicted molar refractivity (Wildman–Crippen MR) is 56.2 cm³/mol. The Morgan fingerprint density at radius 3 is 2.43 bits per heavy atom. The first kappa shape index (κ1) is 11.5. The molecule has 0 radical (unpaired) electrons. The number of hydrogen-bond donors (Lipinski definition) is 2. The van der Waals surface area contributed by atoms with Gasteiger partial charge in [0.25, 0.3) is 0 Å². The molecule has 0 aromatic carbocycles. The first-order chi connectivity index (χ1) is 6.61. The molecule has 1 saturated carbocycles. The zero-order valence-electron chi connectivity index (χ0n) is 9.12. The van der Waals surface area contributed by atoms with Gasteiger partial charge < -0.3 is 10.4 Å². The van der Waals surface area contributed by atoms with E-state index in [0.717, 1.165) is 0 Å². The van der Waals surface area contributed by atoms with E-state index in [9.17, 15) is 4.79 Å². The molecular formula is C11H21NO2. The molecule has 1 aliphatic carbocycles. The second kappa shape index (κ2) is 5.35. The number of nitrogens with one attached hydrogen (secondary N) is 1. The maximum atomic E-state index is 10.9. The van der Waals surface area contributed by atoms with Crippen LogP contribution in [0.3, 0.4) is 0 Å². The summed E-state index contributed by atoms with van der Waals surface area (Å²) in [6.45, 7) is 4.56. The van der Waals surface area contributed by atoms with Gasteiger partial charge >= 0.3 is 5.97 Å². The summed E-state index contributed by atoms with van der Waals surface area (Å²) in [7, 11) is 0. The van der Waals surface area contributed by atoms with Crippen LogP contribution in [-0.4, -0.2) is 23.7 Å². The first-order valence-electron chi connectivity index (χ1n) is 5.57. The Labute approximate surface area is 85.9 Å². The third-order valence-electron chi connectivity index (χ3n) is 3.10. The lowest BCUT2D eigenvalue weighted by Gasteiger charge is -2.19. The molecule has 3 heteroatoms. The van der Waals surface area contributed by atoms with Crippen molar-refractivity contribution < 1.29 is 9.90 Å². The Kier molecular flexibility index (Phi) is 4.39. The van der Waals surface area contributed by atoms with Crippen molar-refractivity contribution in [1.82, 2.24) is 5.32 Å².